The highest BCUT2D eigenvalue weighted by Gasteiger charge is 2.45. The van der Waals surface area contributed by atoms with Crippen molar-refractivity contribution < 1.29 is 23.1 Å². The van der Waals surface area contributed by atoms with Crippen molar-refractivity contribution in [2.75, 3.05) is 5.73 Å². The molecule has 0 atom stereocenters. The predicted molar refractivity (Wildman–Crippen MR) is 63.6 cm³/mol. The lowest BCUT2D eigenvalue weighted by atomic mass is 9.77. The summed E-state index contributed by atoms with van der Waals surface area (Å²) >= 11 is 0. The van der Waals surface area contributed by atoms with E-state index >= 15 is 0 Å². The molecule has 0 amide bonds. The molecule has 1 fully saturated rings. The molecule has 1 saturated carbocycles. The molecule has 0 aromatic heterocycles. The smallest absolute Gasteiger partial charge is 0.416 e. The number of carboxylic acid groups (broad SMARTS) is 1. The molecule has 0 saturated heterocycles. The lowest BCUT2D eigenvalue weighted by Crippen LogP contribution is -2.33. The maximum atomic E-state index is 12.7. The first-order valence-electron chi connectivity index (χ1n) is 5.98. The zero-order chi connectivity index (χ0) is 14.3. The maximum absolute atomic E-state index is 12.7. The van der Waals surface area contributed by atoms with E-state index in [0.29, 0.717) is 25.7 Å². The third kappa shape index (κ3) is 2.27. The van der Waals surface area contributed by atoms with E-state index in [1.807, 2.05) is 0 Å². The van der Waals surface area contributed by atoms with Crippen molar-refractivity contribution in [3.05, 3.63) is 29.3 Å². The summed E-state index contributed by atoms with van der Waals surface area (Å²) in [5, 5.41) is 9.40. The van der Waals surface area contributed by atoms with Crippen LogP contribution in [0.1, 0.15) is 36.8 Å². The normalized spacial score (nSPS) is 18.5. The predicted octanol–water partition coefficient (Wildman–Crippen LogP) is 3.18. The second-order valence-electron chi connectivity index (χ2n) is 4.89. The van der Waals surface area contributed by atoms with Crippen molar-refractivity contribution in [3.8, 4) is 0 Å². The number of nitrogens with two attached hydrogens (primary N) is 1. The summed E-state index contributed by atoms with van der Waals surface area (Å²) in [6.45, 7) is 0. The molecule has 3 N–H and O–H groups in total. The average Bonchev–Trinajstić information content (AvgIpc) is 2.78. The van der Waals surface area contributed by atoms with Gasteiger partial charge in [-0.15, -0.1) is 0 Å². The van der Waals surface area contributed by atoms with Crippen molar-refractivity contribution in [2.45, 2.75) is 37.3 Å². The number of aliphatic carboxylic acids is 1. The Bertz CT molecular complexity index is 505. The highest BCUT2D eigenvalue weighted by Crippen LogP contribution is 2.45. The van der Waals surface area contributed by atoms with Gasteiger partial charge in [-0.3, -0.25) is 4.79 Å². The number of alkyl halides is 3. The molecule has 0 bridgehead atoms. The van der Waals surface area contributed by atoms with Crippen LogP contribution in [0.5, 0.6) is 0 Å². The third-order valence-corrected chi connectivity index (χ3v) is 3.76. The Labute approximate surface area is 108 Å². The van der Waals surface area contributed by atoms with Gasteiger partial charge in [-0.25, -0.2) is 0 Å². The van der Waals surface area contributed by atoms with Crippen LogP contribution in [-0.4, -0.2) is 11.1 Å². The highest BCUT2D eigenvalue weighted by atomic mass is 19.4. The number of carbonyl (C=O) groups is 1. The van der Waals surface area contributed by atoms with Gasteiger partial charge in [-0.2, -0.15) is 13.2 Å². The molecule has 0 spiro atoms. The van der Waals surface area contributed by atoms with Gasteiger partial charge in [0.1, 0.15) is 0 Å². The van der Waals surface area contributed by atoms with Crippen LogP contribution in [0.3, 0.4) is 0 Å². The molecular formula is C13H14F3NO2. The Hall–Kier alpha value is -1.72. The molecule has 1 aromatic carbocycles. The molecule has 3 nitrogen and oxygen atoms in total. The van der Waals surface area contributed by atoms with Crippen molar-refractivity contribution in [3.63, 3.8) is 0 Å². The fraction of sp³-hybridized carbons (Fsp3) is 0.462. The van der Waals surface area contributed by atoms with E-state index in [2.05, 4.69) is 0 Å². The van der Waals surface area contributed by atoms with Crippen LogP contribution in [0.25, 0.3) is 0 Å². The summed E-state index contributed by atoms with van der Waals surface area (Å²) in [7, 11) is 0. The van der Waals surface area contributed by atoms with Crippen LogP contribution in [0.2, 0.25) is 0 Å². The Morgan fingerprint density at radius 1 is 1.26 bits per heavy atom. The number of nitrogen functional groups attached to an aromatic ring is 1. The second-order valence-corrected chi connectivity index (χ2v) is 4.89. The summed E-state index contributed by atoms with van der Waals surface area (Å²) in [5.41, 5.74) is 3.77. The molecule has 19 heavy (non-hydrogen) atoms. The lowest BCUT2D eigenvalue weighted by Gasteiger charge is -2.26. The SMILES string of the molecule is Nc1ccc(C(F)(F)F)cc1C1(C(=O)O)CCCC1. The molecule has 0 aliphatic heterocycles. The first-order chi connectivity index (χ1) is 8.77. The van der Waals surface area contributed by atoms with E-state index in [-0.39, 0.29) is 11.3 Å². The second kappa shape index (κ2) is 4.43. The lowest BCUT2D eigenvalue weighted by molar-refractivity contribution is -0.144. The van der Waals surface area contributed by atoms with Crippen molar-refractivity contribution >= 4 is 11.7 Å². The molecule has 6 heteroatoms. The van der Waals surface area contributed by atoms with Crippen LogP contribution in [0.15, 0.2) is 18.2 Å². The summed E-state index contributed by atoms with van der Waals surface area (Å²) < 4.78 is 38.2. The standard InChI is InChI=1S/C13H14F3NO2/c14-13(15,16)8-3-4-10(17)9(7-8)12(11(18)19)5-1-2-6-12/h3-4,7H,1-2,5-6,17H2,(H,18,19). The van der Waals surface area contributed by atoms with E-state index in [0.717, 1.165) is 18.2 Å². The Morgan fingerprint density at radius 3 is 2.32 bits per heavy atom. The minimum atomic E-state index is -4.50. The van der Waals surface area contributed by atoms with Crippen LogP contribution < -0.4 is 5.73 Å². The van der Waals surface area contributed by atoms with Crippen molar-refractivity contribution in [1.82, 2.24) is 0 Å². The van der Waals surface area contributed by atoms with Gasteiger partial charge in [0.2, 0.25) is 0 Å². The van der Waals surface area contributed by atoms with E-state index < -0.39 is 23.1 Å². The molecule has 2 rings (SSSR count). The van der Waals surface area contributed by atoms with E-state index in [1.165, 1.54) is 0 Å². The molecule has 0 unspecified atom stereocenters. The highest BCUT2D eigenvalue weighted by molar-refractivity contribution is 5.84. The number of hydrogen-bond acceptors (Lipinski definition) is 2. The molecule has 0 heterocycles. The minimum Gasteiger partial charge on any atom is -0.481 e. The number of hydrogen-bond donors (Lipinski definition) is 2. The molecule has 0 radical (unpaired) electrons. The number of anilines is 1. The molecule has 1 aromatic rings. The van der Waals surface area contributed by atoms with Gasteiger partial charge in [0, 0.05) is 5.69 Å². The quantitative estimate of drug-likeness (QED) is 0.813. The minimum absolute atomic E-state index is 0.0901. The zero-order valence-corrected chi connectivity index (χ0v) is 10.1. The zero-order valence-electron chi connectivity index (χ0n) is 10.1. The summed E-state index contributed by atoms with van der Waals surface area (Å²) in [6.07, 6.45) is -2.48. The van der Waals surface area contributed by atoms with Crippen LogP contribution in [-0.2, 0) is 16.4 Å². The van der Waals surface area contributed by atoms with Crippen molar-refractivity contribution in [2.24, 2.45) is 0 Å². The first-order valence-corrected chi connectivity index (χ1v) is 5.98. The monoisotopic (exact) mass is 273 g/mol. The summed E-state index contributed by atoms with van der Waals surface area (Å²) in [6, 6.07) is 2.90. The van der Waals surface area contributed by atoms with Crippen LogP contribution in [0.4, 0.5) is 18.9 Å². The first kappa shape index (κ1) is 13.7. The molecule has 104 valence electrons. The fourth-order valence-electron chi connectivity index (χ4n) is 2.72. The van der Waals surface area contributed by atoms with Gasteiger partial charge < -0.3 is 10.8 Å². The van der Waals surface area contributed by atoms with Gasteiger partial charge in [0.15, 0.2) is 0 Å². The van der Waals surface area contributed by atoms with Crippen LogP contribution in [0, 0.1) is 0 Å². The third-order valence-electron chi connectivity index (χ3n) is 3.76. The average molecular weight is 273 g/mol. The number of carboxylic acids is 1. The Morgan fingerprint density at radius 2 is 1.84 bits per heavy atom. The Balaban J connectivity index is 2.57. The van der Waals surface area contributed by atoms with E-state index in [1.54, 1.807) is 0 Å². The largest absolute Gasteiger partial charge is 0.481 e. The maximum Gasteiger partial charge on any atom is 0.416 e. The summed E-state index contributed by atoms with van der Waals surface area (Å²) in [4.78, 5) is 11.5. The molecule has 1 aliphatic rings. The van der Waals surface area contributed by atoms with Gasteiger partial charge in [-0.1, -0.05) is 12.8 Å². The van der Waals surface area contributed by atoms with E-state index in [4.69, 9.17) is 5.73 Å². The number of halogens is 3. The Kier molecular flexibility index (Phi) is 3.20. The molecule has 1 aliphatic carbocycles. The van der Waals surface area contributed by atoms with Crippen molar-refractivity contribution in [1.29, 1.82) is 0 Å². The van der Waals surface area contributed by atoms with Gasteiger partial charge in [0.05, 0.1) is 11.0 Å². The topological polar surface area (TPSA) is 63.3 Å². The number of benzene rings is 1. The van der Waals surface area contributed by atoms with Gasteiger partial charge in [0.25, 0.3) is 0 Å². The number of rotatable bonds is 2. The summed E-state index contributed by atoms with van der Waals surface area (Å²) in [5.74, 6) is -1.10. The van der Waals surface area contributed by atoms with Crippen LogP contribution >= 0.6 is 0 Å². The van der Waals surface area contributed by atoms with Gasteiger partial charge in [-0.05, 0) is 36.6 Å². The molecular weight excluding hydrogens is 259 g/mol. The van der Waals surface area contributed by atoms with Gasteiger partial charge >= 0.3 is 12.1 Å². The fourth-order valence-corrected chi connectivity index (χ4v) is 2.72. The van der Waals surface area contributed by atoms with E-state index in [9.17, 15) is 23.1 Å².